The highest BCUT2D eigenvalue weighted by molar-refractivity contribution is 6.39. The predicted octanol–water partition coefficient (Wildman–Crippen LogP) is 4.41. The molecule has 116 valence electrons. The van der Waals surface area contributed by atoms with Crippen molar-refractivity contribution in [3.8, 4) is 11.5 Å². The van der Waals surface area contributed by atoms with Crippen LogP contribution in [0, 0.1) is 0 Å². The summed E-state index contributed by atoms with van der Waals surface area (Å²) in [6.45, 7) is 1.64. The van der Waals surface area contributed by atoms with E-state index in [0.29, 0.717) is 27.2 Å². The number of anilines is 1. The molecule has 0 aliphatic rings. The molecule has 1 unspecified atom stereocenters. The highest BCUT2D eigenvalue weighted by Gasteiger charge is 2.17. The zero-order valence-electron chi connectivity index (χ0n) is 12.1. The summed E-state index contributed by atoms with van der Waals surface area (Å²) in [7, 11) is 1.58. The van der Waals surface area contributed by atoms with Crippen LogP contribution in [0.25, 0.3) is 0 Å². The number of nitrogens with one attached hydrogen (secondary N) is 1. The van der Waals surface area contributed by atoms with Crippen molar-refractivity contribution in [3.05, 3.63) is 52.5 Å². The van der Waals surface area contributed by atoms with E-state index in [1.165, 1.54) is 0 Å². The largest absolute Gasteiger partial charge is 0.497 e. The fraction of sp³-hybridized carbons (Fsp3) is 0.188. The van der Waals surface area contributed by atoms with E-state index in [4.69, 9.17) is 32.7 Å². The predicted molar refractivity (Wildman–Crippen MR) is 88.2 cm³/mol. The lowest BCUT2D eigenvalue weighted by molar-refractivity contribution is -0.122. The van der Waals surface area contributed by atoms with Crippen LogP contribution in [0.2, 0.25) is 10.0 Å². The van der Waals surface area contributed by atoms with E-state index in [0.717, 1.165) is 0 Å². The molecule has 4 nitrogen and oxygen atoms in total. The van der Waals surface area contributed by atoms with Crippen LogP contribution in [0.1, 0.15) is 6.92 Å². The van der Waals surface area contributed by atoms with E-state index < -0.39 is 6.10 Å². The number of benzene rings is 2. The molecular formula is C16H15Cl2NO3. The second kappa shape index (κ2) is 7.38. The maximum absolute atomic E-state index is 12.2. The van der Waals surface area contributed by atoms with Gasteiger partial charge in [0, 0.05) is 0 Å². The van der Waals surface area contributed by atoms with E-state index in [-0.39, 0.29) is 5.91 Å². The van der Waals surface area contributed by atoms with Gasteiger partial charge in [-0.2, -0.15) is 0 Å². The van der Waals surface area contributed by atoms with Crippen LogP contribution in [0.3, 0.4) is 0 Å². The smallest absolute Gasteiger partial charge is 0.265 e. The van der Waals surface area contributed by atoms with Gasteiger partial charge >= 0.3 is 0 Å². The maximum Gasteiger partial charge on any atom is 0.265 e. The van der Waals surface area contributed by atoms with Crippen LogP contribution in [0.4, 0.5) is 5.69 Å². The number of hydrogen-bond acceptors (Lipinski definition) is 3. The van der Waals surface area contributed by atoms with Gasteiger partial charge < -0.3 is 14.8 Å². The van der Waals surface area contributed by atoms with Crippen LogP contribution in [0.15, 0.2) is 42.5 Å². The van der Waals surface area contributed by atoms with Crippen molar-refractivity contribution >= 4 is 34.8 Å². The summed E-state index contributed by atoms with van der Waals surface area (Å²) >= 11 is 12.0. The normalized spacial score (nSPS) is 11.6. The molecule has 0 spiro atoms. The third kappa shape index (κ3) is 4.06. The Morgan fingerprint density at radius 3 is 2.14 bits per heavy atom. The Kier molecular flexibility index (Phi) is 5.52. The molecule has 22 heavy (non-hydrogen) atoms. The van der Waals surface area contributed by atoms with Gasteiger partial charge in [0.25, 0.3) is 5.91 Å². The van der Waals surface area contributed by atoms with Gasteiger partial charge in [-0.15, -0.1) is 0 Å². The van der Waals surface area contributed by atoms with Gasteiger partial charge in [-0.05, 0) is 43.3 Å². The zero-order chi connectivity index (χ0) is 16.1. The number of amides is 1. The SMILES string of the molecule is COc1ccc(OC(C)C(=O)Nc2c(Cl)cccc2Cl)cc1. The lowest BCUT2D eigenvalue weighted by atomic mass is 10.3. The summed E-state index contributed by atoms with van der Waals surface area (Å²) in [5.41, 5.74) is 0.376. The first-order chi connectivity index (χ1) is 10.5. The van der Waals surface area contributed by atoms with Crippen LogP contribution >= 0.6 is 23.2 Å². The summed E-state index contributed by atoms with van der Waals surface area (Å²) in [4.78, 5) is 12.2. The van der Waals surface area contributed by atoms with Crippen LogP contribution in [0.5, 0.6) is 11.5 Å². The zero-order valence-corrected chi connectivity index (χ0v) is 13.6. The van der Waals surface area contributed by atoms with Gasteiger partial charge in [0.15, 0.2) is 6.10 Å². The number of para-hydroxylation sites is 1. The van der Waals surface area contributed by atoms with Crippen molar-refractivity contribution in [2.75, 3.05) is 12.4 Å². The van der Waals surface area contributed by atoms with Gasteiger partial charge in [-0.25, -0.2) is 0 Å². The van der Waals surface area contributed by atoms with Crippen LogP contribution < -0.4 is 14.8 Å². The summed E-state index contributed by atoms with van der Waals surface area (Å²) in [5.74, 6) is 0.937. The summed E-state index contributed by atoms with van der Waals surface area (Å²) < 4.78 is 10.6. The Hall–Kier alpha value is -1.91. The lowest BCUT2D eigenvalue weighted by Gasteiger charge is -2.16. The molecule has 0 heterocycles. The van der Waals surface area contributed by atoms with Gasteiger partial charge in [-0.1, -0.05) is 29.3 Å². The minimum atomic E-state index is -0.708. The Morgan fingerprint density at radius 1 is 1.05 bits per heavy atom. The molecule has 0 aliphatic carbocycles. The highest BCUT2D eigenvalue weighted by atomic mass is 35.5. The summed E-state index contributed by atoms with van der Waals surface area (Å²) in [5, 5.41) is 3.41. The molecule has 0 saturated carbocycles. The summed E-state index contributed by atoms with van der Waals surface area (Å²) in [6, 6.07) is 12.0. The molecule has 0 bridgehead atoms. The quantitative estimate of drug-likeness (QED) is 0.877. The number of halogens is 2. The average Bonchev–Trinajstić information content (AvgIpc) is 2.51. The van der Waals surface area contributed by atoms with Crippen LogP contribution in [-0.2, 0) is 4.79 Å². The van der Waals surface area contributed by atoms with Gasteiger partial charge in [0.2, 0.25) is 0 Å². The Labute approximate surface area is 138 Å². The molecule has 2 aromatic rings. The molecule has 2 rings (SSSR count). The number of methoxy groups -OCH3 is 1. The lowest BCUT2D eigenvalue weighted by Crippen LogP contribution is -2.30. The highest BCUT2D eigenvalue weighted by Crippen LogP contribution is 2.30. The molecule has 0 radical (unpaired) electrons. The Balaban J connectivity index is 2.02. The first-order valence-electron chi connectivity index (χ1n) is 6.57. The number of hydrogen-bond donors (Lipinski definition) is 1. The Morgan fingerprint density at radius 2 is 1.59 bits per heavy atom. The van der Waals surface area contributed by atoms with Crippen molar-refractivity contribution in [3.63, 3.8) is 0 Å². The molecule has 1 atom stereocenters. The van der Waals surface area contributed by atoms with E-state index in [9.17, 15) is 4.79 Å². The van der Waals surface area contributed by atoms with Gasteiger partial charge in [0.05, 0.1) is 22.8 Å². The average molecular weight is 340 g/mol. The van der Waals surface area contributed by atoms with Crippen molar-refractivity contribution in [2.24, 2.45) is 0 Å². The third-order valence-electron chi connectivity index (χ3n) is 2.95. The molecule has 2 aromatic carbocycles. The molecule has 6 heteroatoms. The van der Waals surface area contributed by atoms with E-state index in [1.54, 1.807) is 56.5 Å². The van der Waals surface area contributed by atoms with Gasteiger partial charge in [-0.3, -0.25) is 4.79 Å². The van der Waals surface area contributed by atoms with Gasteiger partial charge in [0.1, 0.15) is 11.5 Å². The topological polar surface area (TPSA) is 47.6 Å². The number of ether oxygens (including phenoxy) is 2. The first-order valence-corrected chi connectivity index (χ1v) is 7.32. The summed E-state index contributed by atoms with van der Waals surface area (Å²) in [6.07, 6.45) is -0.708. The minimum absolute atomic E-state index is 0.342. The number of carbonyl (C=O) groups excluding carboxylic acids is 1. The van der Waals surface area contributed by atoms with E-state index >= 15 is 0 Å². The molecule has 0 saturated heterocycles. The minimum Gasteiger partial charge on any atom is -0.497 e. The number of carbonyl (C=O) groups is 1. The molecule has 0 aromatic heterocycles. The standard InChI is InChI=1S/C16H15Cl2NO3/c1-10(22-12-8-6-11(21-2)7-9-12)16(20)19-15-13(17)4-3-5-14(15)18/h3-10H,1-2H3,(H,19,20). The van der Waals surface area contributed by atoms with E-state index in [2.05, 4.69) is 5.32 Å². The molecule has 0 aliphatic heterocycles. The van der Waals surface area contributed by atoms with Crippen molar-refractivity contribution < 1.29 is 14.3 Å². The fourth-order valence-corrected chi connectivity index (χ4v) is 2.25. The van der Waals surface area contributed by atoms with Crippen molar-refractivity contribution in [2.45, 2.75) is 13.0 Å². The number of rotatable bonds is 5. The molecule has 0 fully saturated rings. The monoisotopic (exact) mass is 339 g/mol. The third-order valence-corrected chi connectivity index (χ3v) is 3.58. The van der Waals surface area contributed by atoms with E-state index in [1.807, 2.05) is 0 Å². The first kappa shape index (κ1) is 16.5. The fourth-order valence-electron chi connectivity index (χ4n) is 1.75. The molecule has 1 amide bonds. The van der Waals surface area contributed by atoms with Crippen molar-refractivity contribution in [1.82, 2.24) is 0 Å². The molecule has 1 N–H and O–H groups in total. The maximum atomic E-state index is 12.2. The Bertz CT molecular complexity index is 639. The molecular weight excluding hydrogens is 325 g/mol. The second-order valence-corrected chi connectivity index (χ2v) is 5.34. The van der Waals surface area contributed by atoms with Crippen molar-refractivity contribution in [1.29, 1.82) is 0 Å². The second-order valence-electron chi connectivity index (χ2n) is 4.52. The van der Waals surface area contributed by atoms with Crippen LogP contribution in [-0.4, -0.2) is 19.1 Å².